The summed E-state index contributed by atoms with van der Waals surface area (Å²) < 4.78 is 1.78. The highest BCUT2D eigenvalue weighted by Gasteiger charge is 2.19. The number of nitrogens with zero attached hydrogens (tertiary/aromatic N) is 2. The largest absolute Gasteiger partial charge is 0.330 e. The fourth-order valence-corrected chi connectivity index (χ4v) is 2.12. The summed E-state index contributed by atoms with van der Waals surface area (Å²) in [7, 11) is 1.88. The van der Waals surface area contributed by atoms with Crippen molar-refractivity contribution in [2.75, 3.05) is 11.9 Å². The van der Waals surface area contributed by atoms with Crippen molar-refractivity contribution in [1.29, 1.82) is 0 Å². The molecule has 108 valence electrons. The first kappa shape index (κ1) is 15.7. The molecule has 5 heteroatoms. The van der Waals surface area contributed by atoms with Crippen LogP contribution in [0.4, 0.5) is 5.69 Å². The van der Waals surface area contributed by atoms with Gasteiger partial charge in [-0.15, -0.1) is 0 Å². The highest BCUT2D eigenvalue weighted by molar-refractivity contribution is 5.91. The van der Waals surface area contributed by atoms with Crippen molar-refractivity contribution in [2.24, 2.45) is 18.2 Å². The van der Waals surface area contributed by atoms with Crippen LogP contribution < -0.4 is 11.1 Å². The van der Waals surface area contributed by atoms with Gasteiger partial charge in [-0.3, -0.25) is 9.48 Å². The van der Waals surface area contributed by atoms with Crippen molar-refractivity contribution in [1.82, 2.24) is 9.78 Å². The number of hydrogen-bond donors (Lipinski definition) is 2. The lowest BCUT2D eigenvalue weighted by atomic mass is 9.84. The summed E-state index contributed by atoms with van der Waals surface area (Å²) in [5.74, 6) is 0.0456. The molecule has 5 nitrogen and oxygen atoms in total. The molecule has 0 atom stereocenters. The molecule has 1 rings (SSSR count). The fraction of sp³-hybridized carbons (Fsp3) is 0.714. The van der Waals surface area contributed by atoms with E-state index in [0.717, 1.165) is 29.9 Å². The molecule has 0 aromatic carbocycles. The zero-order valence-electron chi connectivity index (χ0n) is 12.7. The van der Waals surface area contributed by atoms with Crippen molar-refractivity contribution in [3.8, 4) is 0 Å². The monoisotopic (exact) mass is 266 g/mol. The van der Waals surface area contributed by atoms with Crippen LogP contribution in [-0.4, -0.2) is 22.2 Å². The van der Waals surface area contributed by atoms with Crippen LogP contribution in [0.2, 0.25) is 0 Å². The number of anilines is 1. The fourth-order valence-electron chi connectivity index (χ4n) is 2.12. The second-order valence-corrected chi connectivity index (χ2v) is 5.92. The molecule has 0 aliphatic carbocycles. The Bertz CT molecular complexity index is 449. The maximum Gasteiger partial charge on any atom is 0.224 e. The summed E-state index contributed by atoms with van der Waals surface area (Å²) in [6.45, 7) is 8.81. The quantitative estimate of drug-likeness (QED) is 0.828. The molecular formula is C14H26N4O. The predicted molar refractivity (Wildman–Crippen MR) is 78.0 cm³/mol. The molecule has 0 aliphatic heterocycles. The van der Waals surface area contributed by atoms with Crippen molar-refractivity contribution < 1.29 is 4.79 Å². The van der Waals surface area contributed by atoms with E-state index in [1.165, 1.54) is 0 Å². The number of amides is 1. The van der Waals surface area contributed by atoms with Gasteiger partial charge in [0.15, 0.2) is 0 Å². The third-order valence-electron chi connectivity index (χ3n) is 3.62. The maximum atomic E-state index is 12.0. The van der Waals surface area contributed by atoms with E-state index in [4.69, 9.17) is 5.73 Å². The summed E-state index contributed by atoms with van der Waals surface area (Å²) in [6.07, 6.45) is 2.29. The Morgan fingerprint density at radius 1 is 1.37 bits per heavy atom. The topological polar surface area (TPSA) is 72.9 Å². The molecule has 1 aromatic rings. The van der Waals surface area contributed by atoms with Crippen LogP contribution in [0, 0.1) is 19.3 Å². The van der Waals surface area contributed by atoms with Gasteiger partial charge in [0.1, 0.15) is 0 Å². The van der Waals surface area contributed by atoms with E-state index in [0.29, 0.717) is 13.0 Å². The van der Waals surface area contributed by atoms with Gasteiger partial charge < -0.3 is 11.1 Å². The summed E-state index contributed by atoms with van der Waals surface area (Å²) >= 11 is 0. The molecule has 1 amide bonds. The zero-order valence-corrected chi connectivity index (χ0v) is 12.7. The van der Waals surface area contributed by atoms with Gasteiger partial charge >= 0.3 is 0 Å². The van der Waals surface area contributed by atoms with E-state index in [9.17, 15) is 4.79 Å². The maximum absolute atomic E-state index is 12.0. The minimum atomic E-state index is 0.0456. The molecule has 1 heterocycles. The zero-order chi connectivity index (χ0) is 14.6. The average Bonchev–Trinajstić information content (AvgIpc) is 2.54. The van der Waals surface area contributed by atoms with Crippen LogP contribution >= 0.6 is 0 Å². The van der Waals surface area contributed by atoms with Crippen LogP contribution in [0.15, 0.2) is 0 Å². The Labute approximate surface area is 115 Å². The number of aryl methyl sites for hydroxylation is 2. The molecule has 1 aromatic heterocycles. The van der Waals surface area contributed by atoms with Gasteiger partial charge in [0.2, 0.25) is 5.91 Å². The Morgan fingerprint density at radius 2 is 2.00 bits per heavy atom. The van der Waals surface area contributed by atoms with Gasteiger partial charge in [-0.25, -0.2) is 0 Å². The summed E-state index contributed by atoms with van der Waals surface area (Å²) in [4.78, 5) is 12.0. The average molecular weight is 266 g/mol. The Hall–Kier alpha value is -1.36. The normalized spacial score (nSPS) is 11.7. The lowest BCUT2D eigenvalue weighted by molar-refractivity contribution is -0.116. The predicted octanol–water partition coefficient (Wildman–Crippen LogP) is 2.13. The van der Waals surface area contributed by atoms with E-state index >= 15 is 0 Å². The molecule has 0 aliphatic rings. The molecule has 0 unspecified atom stereocenters. The highest BCUT2D eigenvalue weighted by Crippen LogP contribution is 2.26. The van der Waals surface area contributed by atoms with Gasteiger partial charge in [-0.05, 0) is 38.6 Å². The van der Waals surface area contributed by atoms with Crippen molar-refractivity contribution in [3.63, 3.8) is 0 Å². The van der Waals surface area contributed by atoms with E-state index < -0.39 is 0 Å². The molecule has 0 radical (unpaired) electrons. The number of nitrogens with two attached hydrogens (primary N) is 1. The van der Waals surface area contributed by atoms with E-state index in [2.05, 4.69) is 24.3 Å². The first-order valence-electron chi connectivity index (χ1n) is 6.77. The lowest BCUT2D eigenvalue weighted by Gasteiger charge is -2.23. The van der Waals surface area contributed by atoms with Gasteiger partial charge in [-0.2, -0.15) is 5.10 Å². The minimum Gasteiger partial charge on any atom is -0.330 e. The highest BCUT2D eigenvalue weighted by atomic mass is 16.1. The van der Waals surface area contributed by atoms with Crippen LogP contribution in [0.25, 0.3) is 0 Å². The van der Waals surface area contributed by atoms with Crippen LogP contribution in [0.1, 0.15) is 44.5 Å². The molecule has 3 N–H and O–H groups in total. The molecule has 0 spiro atoms. The lowest BCUT2D eigenvalue weighted by Crippen LogP contribution is -2.21. The molecule has 0 bridgehead atoms. The number of carbonyl (C=O) groups excluding carboxylic acids is 1. The number of hydrogen-bond acceptors (Lipinski definition) is 3. The van der Waals surface area contributed by atoms with Gasteiger partial charge in [0.25, 0.3) is 0 Å². The third kappa shape index (κ3) is 4.35. The Kier molecular flexibility index (Phi) is 5.11. The second kappa shape index (κ2) is 6.19. The Balaban J connectivity index is 2.57. The molecule has 0 saturated carbocycles. The first-order valence-corrected chi connectivity index (χ1v) is 6.77. The van der Waals surface area contributed by atoms with Gasteiger partial charge in [-0.1, -0.05) is 13.8 Å². The summed E-state index contributed by atoms with van der Waals surface area (Å²) in [5.41, 5.74) is 8.36. The van der Waals surface area contributed by atoms with Gasteiger partial charge in [0.05, 0.1) is 17.1 Å². The third-order valence-corrected chi connectivity index (χ3v) is 3.62. The van der Waals surface area contributed by atoms with Crippen LogP contribution in [0.3, 0.4) is 0 Å². The minimum absolute atomic E-state index is 0.0456. The number of carbonyl (C=O) groups is 1. The van der Waals surface area contributed by atoms with E-state index in [1.807, 2.05) is 20.9 Å². The van der Waals surface area contributed by atoms with Crippen LogP contribution in [0.5, 0.6) is 0 Å². The number of aromatic nitrogens is 2. The molecule has 0 fully saturated rings. The number of nitrogens with one attached hydrogen (secondary N) is 1. The summed E-state index contributed by atoms with van der Waals surface area (Å²) in [5, 5.41) is 7.25. The SMILES string of the molecule is Cc1nn(C)c(C)c1NC(=O)CCC(C)(C)CCN. The van der Waals surface area contributed by atoms with E-state index in [1.54, 1.807) is 4.68 Å². The van der Waals surface area contributed by atoms with Crippen molar-refractivity contribution in [2.45, 2.75) is 47.0 Å². The molecular weight excluding hydrogens is 240 g/mol. The molecule has 19 heavy (non-hydrogen) atoms. The van der Waals surface area contributed by atoms with E-state index in [-0.39, 0.29) is 11.3 Å². The Morgan fingerprint density at radius 3 is 2.47 bits per heavy atom. The molecule has 0 saturated heterocycles. The van der Waals surface area contributed by atoms with Gasteiger partial charge in [0, 0.05) is 13.5 Å². The van der Waals surface area contributed by atoms with Crippen LogP contribution in [-0.2, 0) is 11.8 Å². The smallest absolute Gasteiger partial charge is 0.224 e. The first-order chi connectivity index (χ1) is 8.76. The second-order valence-electron chi connectivity index (χ2n) is 5.92. The van der Waals surface area contributed by atoms with Crippen molar-refractivity contribution in [3.05, 3.63) is 11.4 Å². The standard InChI is InChI=1S/C14H26N4O/c1-10-13(11(2)18(5)17-10)16-12(19)6-7-14(3,4)8-9-15/h6-9,15H2,1-5H3,(H,16,19). The summed E-state index contributed by atoms with van der Waals surface area (Å²) in [6, 6.07) is 0. The number of rotatable bonds is 6. The van der Waals surface area contributed by atoms with Crippen molar-refractivity contribution >= 4 is 11.6 Å².